The van der Waals surface area contributed by atoms with E-state index in [1.165, 1.54) is 6.08 Å². The van der Waals surface area contributed by atoms with Crippen LogP contribution >= 0.6 is 0 Å². The molecule has 0 aromatic rings. The van der Waals surface area contributed by atoms with Crippen molar-refractivity contribution in [3.63, 3.8) is 0 Å². The molecule has 0 saturated carbocycles. The van der Waals surface area contributed by atoms with Crippen molar-refractivity contribution in [1.29, 1.82) is 0 Å². The number of ether oxygens (including phenoxy) is 3. The predicted molar refractivity (Wildman–Crippen MR) is 45.7 cm³/mol. The van der Waals surface area contributed by atoms with Gasteiger partial charge in [-0.05, 0) is 6.08 Å². The molecular formula is C8H10O6. The Labute approximate surface area is 80.4 Å². The van der Waals surface area contributed by atoms with Crippen LogP contribution in [0.15, 0.2) is 25.5 Å². The van der Waals surface area contributed by atoms with Crippen molar-refractivity contribution < 1.29 is 28.9 Å². The van der Waals surface area contributed by atoms with E-state index in [2.05, 4.69) is 27.4 Å². The molecule has 14 heavy (non-hydrogen) atoms. The first-order valence-electron chi connectivity index (χ1n) is 3.56. The fraction of sp³-hybridized carbons (Fsp3) is 0.250. The minimum atomic E-state index is -1.48. The Kier molecular flexibility index (Phi) is 5.60. The Balaban J connectivity index is 3.82. The van der Waals surface area contributed by atoms with Crippen LogP contribution in [-0.2, 0) is 14.2 Å². The summed E-state index contributed by atoms with van der Waals surface area (Å²) in [5.41, 5.74) is 0. The Bertz CT molecular complexity index is 234. The van der Waals surface area contributed by atoms with Gasteiger partial charge in [-0.2, -0.15) is 0 Å². The zero-order valence-electron chi connectivity index (χ0n) is 7.34. The lowest BCUT2D eigenvalue weighted by atomic mass is 10.4. The molecule has 0 fully saturated rings. The number of hydrogen-bond acceptors (Lipinski definition) is 5. The number of rotatable bonds is 5. The van der Waals surface area contributed by atoms with Gasteiger partial charge < -0.3 is 19.3 Å². The summed E-state index contributed by atoms with van der Waals surface area (Å²) in [7, 11) is 0. The molecule has 0 saturated heterocycles. The highest BCUT2D eigenvalue weighted by Crippen LogP contribution is 1.97. The standard InChI is InChI=1S/C8H10O6/c1-3-6(14-7(9)10)5-13-8(11)12-4-2/h3-4,6H,1-2,5H2,(H,9,10). The number of carboxylic acid groups (broad SMARTS) is 1. The topological polar surface area (TPSA) is 82.1 Å². The first-order valence-corrected chi connectivity index (χ1v) is 3.56. The fourth-order valence-electron chi connectivity index (χ4n) is 0.532. The lowest BCUT2D eigenvalue weighted by Crippen LogP contribution is -2.22. The number of hydrogen-bond donors (Lipinski definition) is 1. The molecule has 6 nitrogen and oxygen atoms in total. The molecule has 0 aromatic heterocycles. The summed E-state index contributed by atoms with van der Waals surface area (Å²) in [5.74, 6) is 0. The van der Waals surface area contributed by atoms with Crippen LogP contribution in [0.4, 0.5) is 9.59 Å². The van der Waals surface area contributed by atoms with Crippen molar-refractivity contribution in [2.24, 2.45) is 0 Å². The van der Waals surface area contributed by atoms with E-state index in [-0.39, 0.29) is 6.61 Å². The Morgan fingerprint density at radius 3 is 2.50 bits per heavy atom. The van der Waals surface area contributed by atoms with Crippen molar-refractivity contribution in [2.75, 3.05) is 6.61 Å². The van der Waals surface area contributed by atoms with E-state index in [0.29, 0.717) is 0 Å². The number of carbonyl (C=O) groups is 2. The third-order valence-corrected chi connectivity index (χ3v) is 1.06. The van der Waals surface area contributed by atoms with Gasteiger partial charge in [0.2, 0.25) is 0 Å². The molecule has 1 N–H and O–H groups in total. The van der Waals surface area contributed by atoms with Crippen LogP contribution in [0.2, 0.25) is 0 Å². The molecule has 0 aliphatic heterocycles. The SMILES string of the molecule is C=COC(=O)OCC(C=C)OC(=O)O. The van der Waals surface area contributed by atoms with Gasteiger partial charge in [-0.25, -0.2) is 9.59 Å². The Hall–Kier alpha value is -1.98. The lowest BCUT2D eigenvalue weighted by molar-refractivity contribution is 0.0208. The zero-order valence-corrected chi connectivity index (χ0v) is 7.34. The van der Waals surface area contributed by atoms with Crippen LogP contribution in [0.3, 0.4) is 0 Å². The van der Waals surface area contributed by atoms with E-state index in [0.717, 1.165) is 6.26 Å². The lowest BCUT2D eigenvalue weighted by Gasteiger charge is -2.10. The second-order valence-electron chi connectivity index (χ2n) is 2.00. The highest BCUT2D eigenvalue weighted by atomic mass is 16.7. The van der Waals surface area contributed by atoms with Gasteiger partial charge in [-0.1, -0.05) is 13.2 Å². The predicted octanol–water partition coefficient (Wildman–Crippen LogP) is 1.53. The zero-order chi connectivity index (χ0) is 11.0. The second kappa shape index (κ2) is 6.53. The average molecular weight is 202 g/mol. The summed E-state index contributed by atoms with van der Waals surface area (Å²) in [6.07, 6.45) is -1.29. The fourth-order valence-corrected chi connectivity index (χ4v) is 0.532. The van der Waals surface area contributed by atoms with Crippen LogP contribution in [0.1, 0.15) is 0 Å². The summed E-state index contributed by atoms with van der Waals surface area (Å²) >= 11 is 0. The third kappa shape index (κ3) is 5.64. The van der Waals surface area contributed by atoms with Gasteiger partial charge in [0, 0.05) is 0 Å². The molecule has 78 valence electrons. The van der Waals surface area contributed by atoms with E-state index in [4.69, 9.17) is 5.11 Å². The molecule has 0 rings (SSSR count). The van der Waals surface area contributed by atoms with Gasteiger partial charge in [0.25, 0.3) is 0 Å². The minimum absolute atomic E-state index is 0.289. The van der Waals surface area contributed by atoms with E-state index >= 15 is 0 Å². The third-order valence-electron chi connectivity index (χ3n) is 1.06. The van der Waals surface area contributed by atoms with Gasteiger partial charge in [-0.15, -0.1) is 0 Å². The molecule has 0 radical (unpaired) electrons. The van der Waals surface area contributed by atoms with Crippen molar-refractivity contribution in [2.45, 2.75) is 6.10 Å². The molecule has 0 aliphatic carbocycles. The maximum Gasteiger partial charge on any atom is 0.513 e. The van der Waals surface area contributed by atoms with Crippen molar-refractivity contribution in [3.05, 3.63) is 25.5 Å². The normalized spacial score (nSPS) is 10.9. The molecule has 0 spiro atoms. The highest BCUT2D eigenvalue weighted by molar-refractivity contribution is 5.60. The molecule has 6 heteroatoms. The highest BCUT2D eigenvalue weighted by Gasteiger charge is 2.12. The molecule has 1 unspecified atom stereocenters. The largest absolute Gasteiger partial charge is 0.513 e. The first kappa shape index (κ1) is 12.0. The van der Waals surface area contributed by atoms with Gasteiger partial charge in [0.15, 0.2) is 6.10 Å². The van der Waals surface area contributed by atoms with Gasteiger partial charge in [0.05, 0.1) is 6.26 Å². The molecule has 1 atom stereocenters. The van der Waals surface area contributed by atoms with Crippen LogP contribution in [0, 0.1) is 0 Å². The van der Waals surface area contributed by atoms with Gasteiger partial charge in [-0.3, -0.25) is 0 Å². The van der Waals surface area contributed by atoms with Crippen molar-refractivity contribution in [1.82, 2.24) is 0 Å². The van der Waals surface area contributed by atoms with E-state index in [1.807, 2.05) is 0 Å². The molecule has 0 heterocycles. The monoisotopic (exact) mass is 202 g/mol. The summed E-state index contributed by atoms with van der Waals surface area (Å²) in [6.45, 7) is 6.14. The van der Waals surface area contributed by atoms with E-state index in [1.54, 1.807) is 0 Å². The molecule has 0 bridgehead atoms. The summed E-state index contributed by atoms with van der Waals surface area (Å²) in [5, 5.41) is 8.23. The van der Waals surface area contributed by atoms with Gasteiger partial charge >= 0.3 is 12.3 Å². The molecular weight excluding hydrogens is 192 g/mol. The quantitative estimate of drug-likeness (QED) is 0.413. The van der Waals surface area contributed by atoms with Crippen LogP contribution in [-0.4, -0.2) is 30.1 Å². The molecule has 0 aromatic carbocycles. The van der Waals surface area contributed by atoms with Gasteiger partial charge in [0.1, 0.15) is 6.61 Å². The second-order valence-corrected chi connectivity index (χ2v) is 2.00. The van der Waals surface area contributed by atoms with Crippen molar-refractivity contribution in [3.8, 4) is 0 Å². The van der Waals surface area contributed by atoms with Crippen molar-refractivity contribution >= 4 is 12.3 Å². The van der Waals surface area contributed by atoms with E-state index < -0.39 is 18.4 Å². The summed E-state index contributed by atoms with van der Waals surface area (Å²) in [4.78, 5) is 20.7. The minimum Gasteiger partial charge on any atom is -0.450 e. The van der Waals surface area contributed by atoms with Crippen LogP contribution in [0.25, 0.3) is 0 Å². The first-order chi connectivity index (χ1) is 6.60. The molecule has 0 amide bonds. The van der Waals surface area contributed by atoms with Crippen LogP contribution < -0.4 is 0 Å². The maximum absolute atomic E-state index is 10.6. The Morgan fingerprint density at radius 2 is 2.07 bits per heavy atom. The van der Waals surface area contributed by atoms with E-state index in [9.17, 15) is 9.59 Å². The van der Waals surface area contributed by atoms with Crippen LogP contribution in [0.5, 0.6) is 0 Å². The Morgan fingerprint density at radius 1 is 1.43 bits per heavy atom. The maximum atomic E-state index is 10.6. The summed E-state index contributed by atoms with van der Waals surface area (Å²) < 4.78 is 12.9. The summed E-state index contributed by atoms with van der Waals surface area (Å²) in [6, 6.07) is 0. The smallest absolute Gasteiger partial charge is 0.450 e. The average Bonchev–Trinajstić information content (AvgIpc) is 2.12. The molecule has 0 aliphatic rings. The number of carbonyl (C=O) groups excluding carboxylic acids is 1.